The van der Waals surface area contributed by atoms with Gasteiger partial charge in [0.05, 0.1) is 63.7 Å². The van der Waals surface area contributed by atoms with Crippen molar-refractivity contribution in [1.29, 1.82) is 0 Å². The number of aliphatic hydroxyl groups excluding tert-OH is 4. The number of benzene rings is 3. The summed E-state index contributed by atoms with van der Waals surface area (Å²) in [5.41, 5.74) is 4.12. The van der Waals surface area contributed by atoms with Crippen LogP contribution >= 0.6 is 0 Å². The molecule has 3 aromatic rings. The fourth-order valence-corrected chi connectivity index (χ4v) is 4.54. The molecule has 0 amide bonds. The fourth-order valence-electron chi connectivity index (χ4n) is 4.54. The van der Waals surface area contributed by atoms with Gasteiger partial charge in [-0.1, -0.05) is 92.7 Å². The monoisotopic (exact) mass is 566 g/mol. The number of hydrogen-bond donors (Lipinski definition) is 4. The zero-order chi connectivity index (χ0) is 29.3. The first-order chi connectivity index (χ1) is 19.9. The van der Waals surface area contributed by atoms with E-state index in [1.54, 1.807) is 0 Å². The van der Waals surface area contributed by atoms with Gasteiger partial charge in [0.2, 0.25) is 0 Å². The highest BCUT2D eigenvalue weighted by atomic mass is 16.7. The molecule has 8 heteroatoms. The van der Waals surface area contributed by atoms with Gasteiger partial charge in [-0.15, -0.1) is 0 Å². The molecular weight excluding hydrogens is 524 g/mol. The van der Waals surface area contributed by atoms with Crippen molar-refractivity contribution in [3.63, 3.8) is 0 Å². The van der Waals surface area contributed by atoms with Crippen LogP contribution in [0.4, 0.5) is 0 Å². The molecule has 8 nitrogen and oxygen atoms in total. The average molecular weight is 567 g/mol. The first-order valence-electron chi connectivity index (χ1n) is 14.0. The van der Waals surface area contributed by atoms with E-state index in [-0.39, 0.29) is 39.6 Å². The third kappa shape index (κ3) is 7.80. The quantitative estimate of drug-likeness (QED) is 0.321. The molecule has 41 heavy (non-hydrogen) atoms. The van der Waals surface area contributed by atoms with Crippen LogP contribution < -0.4 is 0 Å². The molecule has 5 rings (SSSR count). The Morgan fingerprint density at radius 1 is 0.561 bits per heavy atom. The van der Waals surface area contributed by atoms with Gasteiger partial charge in [-0.25, -0.2) is 0 Å². The summed E-state index contributed by atoms with van der Waals surface area (Å²) in [6.45, 7) is 4.90. The minimum atomic E-state index is -0.694. The Balaban J connectivity index is 0.000000191. The summed E-state index contributed by atoms with van der Waals surface area (Å²) in [6, 6.07) is 26.4. The largest absolute Gasteiger partial charge is 0.396 e. The zero-order valence-corrected chi connectivity index (χ0v) is 23.8. The van der Waals surface area contributed by atoms with E-state index in [9.17, 15) is 20.4 Å². The van der Waals surface area contributed by atoms with Gasteiger partial charge < -0.3 is 39.4 Å². The minimum absolute atomic E-state index is 0.136. The van der Waals surface area contributed by atoms with E-state index in [0.29, 0.717) is 19.1 Å². The normalized spacial score (nSPS) is 19.0. The Hall–Kier alpha value is -2.66. The second kappa shape index (κ2) is 14.5. The lowest BCUT2D eigenvalue weighted by Gasteiger charge is -2.37. The first-order valence-corrected chi connectivity index (χ1v) is 14.0. The maximum absolute atomic E-state index is 9.34. The lowest BCUT2D eigenvalue weighted by Crippen LogP contribution is -2.44. The van der Waals surface area contributed by atoms with Crippen LogP contribution in [0.15, 0.2) is 78.9 Å². The van der Waals surface area contributed by atoms with Gasteiger partial charge in [0.1, 0.15) is 0 Å². The minimum Gasteiger partial charge on any atom is -0.396 e. The standard InChI is InChI=1S/C18H20O4.C15H22O4/c19-10-18(11-20)12-21-17(22-13-18)16-8-6-15(7-9-16)14-4-2-1-3-5-14;1-11(2)12-3-5-13(6-4-12)14-18-9-15(7-16,8-17)10-19-14/h1-9,17,19-20H,10-13H2;3-6,11,14,16-17H,7-10H2,1-2H3. The van der Waals surface area contributed by atoms with Crippen molar-refractivity contribution in [1.82, 2.24) is 0 Å². The Labute approximate surface area is 242 Å². The van der Waals surface area contributed by atoms with Crippen molar-refractivity contribution >= 4 is 0 Å². The van der Waals surface area contributed by atoms with Crippen molar-refractivity contribution in [3.8, 4) is 11.1 Å². The molecule has 0 saturated carbocycles. The summed E-state index contributed by atoms with van der Waals surface area (Å²) in [6.07, 6.45) is -0.858. The highest BCUT2D eigenvalue weighted by Gasteiger charge is 2.37. The lowest BCUT2D eigenvalue weighted by atomic mass is 9.91. The number of ether oxygens (including phenoxy) is 4. The number of aliphatic hydroxyl groups is 4. The lowest BCUT2D eigenvalue weighted by molar-refractivity contribution is -0.248. The first kappa shape index (κ1) is 31.3. The van der Waals surface area contributed by atoms with E-state index >= 15 is 0 Å². The fraction of sp³-hybridized carbons (Fsp3) is 0.455. The van der Waals surface area contributed by atoms with Gasteiger partial charge in [0.15, 0.2) is 12.6 Å². The highest BCUT2D eigenvalue weighted by Crippen LogP contribution is 2.33. The predicted molar refractivity (Wildman–Crippen MR) is 155 cm³/mol. The van der Waals surface area contributed by atoms with Gasteiger partial charge in [0, 0.05) is 11.1 Å². The van der Waals surface area contributed by atoms with Gasteiger partial charge >= 0.3 is 0 Å². The molecule has 0 aromatic heterocycles. The van der Waals surface area contributed by atoms with Crippen molar-refractivity contribution in [3.05, 3.63) is 95.6 Å². The SMILES string of the molecule is CC(C)c1ccc(C2OCC(CO)(CO)CO2)cc1.OCC1(CO)COC(c2ccc(-c3ccccc3)cc2)OC1. The Morgan fingerprint density at radius 2 is 0.927 bits per heavy atom. The third-order valence-corrected chi connectivity index (χ3v) is 7.67. The molecule has 2 saturated heterocycles. The van der Waals surface area contributed by atoms with Crippen LogP contribution in [0.2, 0.25) is 0 Å². The van der Waals surface area contributed by atoms with Crippen LogP contribution in [0.1, 0.15) is 49.0 Å². The molecule has 2 heterocycles. The summed E-state index contributed by atoms with van der Waals surface area (Å²) >= 11 is 0. The van der Waals surface area contributed by atoms with Crippen LogP contribution in [0.25, 0.3) is 11.1 Å². The zero-order valence-electron chi connectivity index (χ0n) is 23.8. The van der Waals surface area contributed by atoms with Crippen molar-refractivity contribution in [2.24, 2.45) is 10.8 Å². The number of hydrogen-bond acceptors (Lipinski definition) is 8. The third-order valence-electron chi connectivity index (χ3n) is 7.67. The van der Waals surface area contributed by atoms with Crippen LogP contribution in [-0.4, -0.2) is 73.3 Å². The van der Waals surface area contributed by atoms with E-state index in [1.807, 2.05) is 54.6 Å². The Kier molecular flexibility index (Phi) is 11.1. The molecule has 0 atom stereocenters. The highest BCUT2D eigenvalue weighted by molar-refractivity contribution is 5.63. The molecule has 222 valence electrons. The predicted octanol–water partition coefficient (Wildman–Crippen LogP) is 4.20. The summed E-state index contributed by atoms with van der Waals surface area (Å²) in [5.74, 6) is 0.499. The molecule has 0 aliphatic carbocycles. The van der Waals surface area contributed by atoms with Gasteiger partial charge in [-0.05, 0) is 22.6 Å². The molecule has 0 spiro atoms. The van der Waals surface area contributed by atoms with Gasteiger partial charge in [-0.3, -0.25) is 0 Å². The van der Waals surface area contributed by atoms with E-state index in [4.69, 9.17) is 18.9 Å². The molecule has 4 N–H and O–H groups in total. The summed E-state index contributed by atoms with van der Waals surface area (Å²) in [5, 5.41) is 37.2. The molecule has 2 fully saturated rings. The van der Waals surface area contributed by atoms with Crippen LogP contribution in [0, 0.1) is 10.8 Å². The van der Waals surface area contributed by atoms with Crippen molar-refractivity contribution < 1.29 is 39.4 Å². The number of rotatable bonds is 8. The van der Waals surface area contributed by atoms with Gasteiger partial charge in [-0.2, -0.15) is 0 Å². The second-order valence-corrected chi connectivity index (χ2v) is 11.3. The molecular formula is C33H42O8. The maximum atomic E-state index is 9.34. The average Bonchev–Trinajstić information content (AvgIpc) is 3.06. The Morgan fingerprint density at radius 3 is 1.29 bits per heavy atom. The molecule has 2 aliphatic heterocycles. The molecule has 3 aromatic carbocycles. The van der Waals surface area contributed by atoms with Crippen LogP contribution in [0.5, 0.6) is 0 Å². The van der Waals surface area contributed by atoms with Crippen LogP contribution in [-0.2, 0) is 18.9 Å². The van der Waals surface area contributed by atoms with Crippen molar-refractivity contribution in [2.45, 2.75) is 32.3 Å². The second-order valence-electron chi connectivity index (χ2n) is 11.3. The maximum Gasteiger partial charge on any atom is 0.183 e. The summed E-state index contributed by atoms with van der Waals surface area (Å²) < 4.78 is 22.6. The molecule has 0 bridgehead atoms. The summed E-state index contributed by atoms with van der Waals surface area (Å²) in [7, 11) is 0. The van der Waals surface area contributed by atoms with Crippen molar-refractivity contribution in [2.75, 3.05) is 52.9 Å². The smallest absolute Gasteiger partial charge is 0.183 e. The van der Waals surface area contributed by atoms with Gasteiger partial charge in [0.25, 0.3) is 0 Å². The topological polar surface area (TPSA) is 118 Å². The summed E-state index contributed by atoms with van der Waals surface area (Å²) in [4.78, 5) is 0. The molecule has 2 aliphatic rings. The van der Waals surface area contributed by atoms with E-state index < -0.39 is 23.4 Å². The van der Waals surface area contributed by atoms with E-state index in [1.165, 1.54) is 11.1 Å². The Bertz CT molecular complexity index is 1150. The molecule has 0 radical (unpaired) electrons. The van der Waals surface area contributed by atoms with Crippen LogP contribution in [0.3, 0.4) is 0 Å². The van der Waals surface area contributed by atoms with E-state index in [2.05, 4.69) is 38.1 Å². The van der Waals surface area contributed by atoms with E-state index in [0.717, 1.165) is 16.7 Å². The molecule has 0 unspecified atom stereocenters.